The minimum absolute atomic E-state index is 0.171. The maximum Gasteiger partial charge on any atom is 0.418 e. The molecule has 0 radical (unpaired) electrons. The molecule has 0 aromatic heterocycles. The van der Waals surface area contributed by atoms with Gasteiger partial charge in [0.1, 0.15) is 0 Å². The average Bonchev–Trinajstić information content (AvgIpc) is 2.59. The van der Waals surface area contributed by atoms with Crippen molar-refractivity contribution in [3.05, 3.63) is 29.8 Å². The van der Waals surface area contributed by atoms with Gasteiger partial charge in [0.05, 0.1) is 23.8 Å². The molecule has 25 heavy (non-hydrogen) atoms. The van der Waals surface area contributed by atoms with E-state index in [1.54, 1.807) is 6.92 Å². The maximum atomic E-state index is 13.2. The quantitative estimate of drug-likeness (QED) is 0.579. The summed E-state index contributed by atoms with van der Waals surface area (Å²) < 4.78 is 44.5. The van der Waals surface area contributed by atoms with Crippen LogP contribution in [0, 0.1) is 5.92 Å². The number of piperidine rings is 1. The van der Waals surface area contributed by atoms with E-state index in [9.17, 15) is 18.0 Å². The smallest absolute Gasteiger partial charge is 0.418 e. The lowest BCUT2D eigenvalue weighted by atomic mass is 9.95. The van der Waals surface area contributed by atoms with Gasteiger partial charge < -0.3 is 9.64 Å². The van der Waals surface area contributed by atoms with Crippen molar-refractivity contribution in [2.24, 2.45) is 10.9 Å². The van der Waals surface area contributed by atoms with Gasteiger partial charge in [-0.3, -0.25) is 9.79 Å². The summed E-state index contributed by atoms with van der Waals surface area (Å²) in [5, 5.41) is 0. The molecule has 1 fully saturated rings. The summed E-state index contributed by atoms with van der Waals surface area (Å²) in [6, 6.07) is 2.45. The fraction of sp³-hybridized carbons (Fsp3) is 0.444. The van der Waals surface area contributed by atoms with Crippen molar-refractivity contribution < 1.29 is 22.7 Å². The third kappa shape index (κ3) is 4.03. The number of alkyl halides is 3. The lowest BCUT2D eigenvalue weighted by molar-refractivity contribution is -0.148. The highest BCUT2D eigenvalue weighted by Gasteiger charge is 2.35. The Hall–Kier alpha value is -2.31. The number of hydrogen-bond donors (Lipinski definition) is 0. The summed E-state index contributed by atoms with van der Waals surface area (Å²) in [6.07, 6.45) is -1.96. The van der Waals surface area contributed by atoms with E-state index in [1.807, 2.05) is 4.90 Å². The molecule has 0 bridgehead atoms. The molecular weight excluding hydrogens is 333 g/mol. The van der Waals surface area contributed by atoms with Crippen LogP contribution in [0.2, 0.25) is 0 Å². The second-order valence-electron chi connectivity index (χ2n) is 5.77. The molecule has 0 spiro atoms. The van der Waals surface area contributed by atoms with Crippen LogP contribution in [0.1, 0.15) is 30.9 Å². The van der Waals surface area contributed by atoms with Crippen LogP contribution in [0.25, 0.3) is 6.08 Å². The summed E-state index contributed by atoms with van der Waals surface area (Å²) in [4.78, 5) is 17.3. The summed E-state index contributed by atoms with van der Waals surface area (Å²) in [5.41, 5.74) is -0.123. The molecule has 1 aliphatic heterocycles. The number of esters is 1. The third-order valence-electron chi connectivity index (χ3n) is 4.32. The van der Waals surface area contributed by atoms with Crippen molar-refractivity contribution in [1.82, 2.24) is 0 Å². The summed E-state index contributed by atoms with van der Waals surface area (Å²) in [5.74, 6) is -0.387. The van der Waals surface area contributed by atoms with Crippen molar-refractivity contribution in [3.63, 3.8) is 0 Å². The molecule has 4 nitrogen and oxygen atoms in total. The average molecular weight is 354 g/mol. The molecule has 2 rings (SSSR count). The van der Waals surface area contributed by atoms with Crippen LogP contribution in [0.15, 0.2) is 23.7 Å². The molecule has 1 aromatic carbocycles. The molecule has 1 aliphatic rings. The van der Waals surface area contributed by atoms with Crippen LogP contribution in [0.4, 0.5) is 24.5 Å². The molecule has 0 amide bonds. The number of benzene rings is 1. The first-order chi connectivity index (χ1) is 11.8. The highest BCUT2D eigenvalue weighted by Crippen LogP contribution is 2.42. The van der Waals surface area contributed by atoms with Gasteiger partial charge in [0.15, 0.2) is 0 Å². The van der Waals surface area contributed by atoms with E-state index in [0.717, 1.165) is 6.07 Å². The van der Waals surface area contributed by atoms with Gasteiger partial charge >= 0.3 is 12.1 Å². The van der Waals surface area contributed by atoms with E-state index in [1.165, 1.54) is 12.1 Å². The van der Waals surface area contributed by atoms with E-state index >= 15 is 0 Å². The van der Waals surface area contributed by atoms with Gasteiger partial charge in [-0.1, -0.05) is 12.7 Å². The predicted octanol–water partition coefficient (Wildman–Crippen LogP) is 4.46. The van der Waals surface area contributed by atoms with Crippen molar-refractivity contribution in [2.75, 3.05) is 24.6 Å². The zero-order valence-electron chi connectivity index (χ0n) is 14.1. The highest BCUT2D eigenvalue weighted by atomic mass is 19.4. The minimum Gasteiger partial charge on any atom is -0.466 e. The number of ether oxygens (including phenoxy) is 1. The van der Waals surface area contributed by atoms with Crippen LogP contribution >= 0.6 is 0 Å². The zero-order chi connectivity index (χ0) is 18.6. The van der Waals surface area contributed by atoms with Crippen molar-refractivity contribution in [1.29, 1.82) is 0 Å². The second kappa shape index (κ2) is 7.72. The Bertz CT molecular complexity index is 663. The van der Waals surface area contributed by atoms with Gasteiger partial charge in [0.25, 0.3) is 0 Å². The lowest BCUT2D eigenvalue weighted by Crippen LogP contribution is -2.37. The van der Waals surface area contributed by atoms with Crippen molar-refractivity contribution in [3.8, 4) is 0 Å². The summed E-state index contributed by atoms with van der Waals surface area (Å²) in [7, 11) is 0. The number of rotatable bonds is 5. The third-order valence-corrected chi connectivity index (χ3v) is 4.32. The summed E-state index contributed by atoms with van der Waals surface area (Å²) in [6.45, 7) is 10.1. The molecule has 0 unspecified atom stereocenters. The van der Waals surface area contributed by atoms with Gasteiger partial charge in [0.2, 0.25) is 0 Å². The Kier molecular flexibility index (Phi) is 5.87. The molecule has 1 saturated heterocycles. The van der Waals surface area contributed by atoms with Crippen LogP contribution in [0.3, 0.4) is 0 Å². The molecule has 0 saturated carbocycles. The van der Waals surface area contributed by atoms with Crippen molar-refractivity contribution >= 4 is 30.1 Å². The molecule has 0 atom stereocenters. The number of anilines is 1. The lowest BCUT2D eigenvalue weighted by Gasteiger charge is -2.34. The SMILES string of the molecule is C=Cc1c(N2CCC(C(=O)OCC)CC2)ccc(C(F)(F)F)c1N=C. The number of halogens is 3. The van der Waals surface area contributed by atoms with Crippen LogP contribution in [-0.2, 0) is 15.7 Å². The van der Waals surface area contributed by atoms with Crippen LogP contribution in [0.5, 0.6) is 0 Å². The zero-order valence-corrected chi connectivity index (χ0v) is 14.1. The Balaban J connectivity index is 2.28. The topological polar surface area (TPSA) is 41.9 Å². The van der Waals surface area contributed by atoms with Crippen molar-refractivity contribution in [2.45, 2.75) is 25.9 Å². The molecule has 7 heteroatoms. The largest absolute Gasteiger partial charge is 0.466 e. The molecule has 136 valence electrons. The fourth-order valence-electron chi connectivity index (χ4n) is 3.09. The first-order valence-corrected chi connectivity index (χ1v) is 8.08. The second-order valence-corrected chi connectivity index (χ2v) is 5.77. The first kappa shape index (κ1) is 19.0. The Labute approximate surface area is 145 Å². The van der Waals surface area contributed by atoms with Gasteiger partial charge in [-0.2, -0.15) is 13.2 Å². The monoisotopic (exact) mass is 354 g/mol. The van der Waals surface area contributed by atoms with Crippen LogP contribution in [-0.4, -0.2) is 32.4 Å². The van der Waals surface area contributed by atoms with Gasteiger partial charge in [-0.15, -0.1) is 0 Å². The van der Waals surface area contributed by atoms with E-state index in [4.69, 9.17) is 4.74 Å². The Morgan fingerprint density at radius 1 is 1.40 bits per heavy atom. The van der Waals surface area contributed by atoms with Gasteiger partial charge in [-0.25, -0.2) is 0 Å². The first-order valence-electron chi connectivity index (χ1n) is 8.08. The maximum absolute atomic E-state index is 13.2. The number of nitrogens with zero attached hydrogens (tertiary/aromatic N) is 2. The highest BCUT2D eigenvalue weighted by molar-refractivity contribution is 5.80. The molecule has 0 aliphatic carbocycles. The van der Waals surface area contributed by atoms with E-state index < -0.39 is 11.7 Å². The number of hydrogen-bond acceptors (Lipinski definition) is 4. The summed E-state index contributed by atoms with van der Waals surface area (Å²) >= 11 is 0. The normalized spacial score (nSPS) is 15.8. The predicted molar refractivity (Wildman–Crippen MR) is 92.3 cm³/mol. The number of carbonyl (C=O) groups is 1. The molecule has 1 heterocycles. The molecular formula is C18H21F3N2O2. The van der Waals surface area contributed by atoms with Gasteiger partial charge in [0, 0.05) is 24.3 Å². The standard InChI is InChI=1S/C18H21F3N2O2/c1-4-13-15(7-6-14(16(13)22-3)18(19,20)21)23-10-8-12(9-11-23)17(24)25-5-2/h4,6-7,12H,1,3,5,8-11H2,2H3. The number of carbonyl (C=O) groups excluding carboxylic acids is 1. The molecule has 0 N–H and O–H groups in total. The van der Waals surface area contributed by atoms with Crippen LogP contribution < -0.4 is 4.90 Å². The van der Waals surface area contributed by atoms with E-state index in [2.05, 4.69) is 18.3 Å². The van der Waals surface area contributed by atoms with Gasteiger partial charge in [-0.05, 0) is 38.6 Å². The number of aliphatic imine (C=N–C) groups is 1. The van der Waals surface area contributed by atoms with E-state index in [-0.39, 0.29) is 17.6 Å². The van der Waals surface area contributed by atoms with E-state index in [0.29, 0.717) is 43.8 Å². The fourth-order valence-corrected chi connectivity index (χ4v) is 3.09. The molecule has 1 aromatic rings. The minimum atomic E-state index is -4.51. The Morgan fingerprint density at radius 3 is 2.52 bits per heavy atom. The Morgan fingerprint density at radius 2 is 2.04 bits per heavy atom.